The number of hydrogen-bond acceptors (Lipinski definition) is 2. The largest absolute Gasteiger partial charge is 0.492 e. The molecule has 1 aromatic carbocycles. The number of hydrogen-bond donors (Lipinski definition) is 1. The highest BCUT2D eigenvalue weighted by atomic mass is 79.9. The number of ether oxygens (including phenoxy) is 1. The van der Waals surface area contributed by atoms with Crippen LogP contribution in [0.1, 0.15) is 18.0 Å². The molecule has 0 unspecified atom stereocenters. The average molecular weight is 283 g/mol. The van der Waals surface area contributed by atoms with Gasteiger partial charge in [0.05, 0.1) is 11.1 Å². The Morgan fingerprint density at radius 3 is 2.93 bits per heavy atom. The van der Waals surface area contributed by atoms with E-state index in [1.807, 2.05) is 0 Å². The maximum Gasteiger partial charge on any atom is 0.138 e. The van der Waals surface area contributed by atoms with Crippen LogP contribution in [0.15, 0.2) is 16.6 Å². The molecule has 1 aliphatic heterocycles. The first-order chi connectivity index (χ1) is 6.18. The van der Waals surface area contributed by atoms with E-state index in [0.717, 1.165) is 12.0 Å². The van der Waals surface area contributed by atoms with Gasteiger partial charge >= 0.3 is 0 Å². The van der Waals surface area contributed by atoms with Crippen LogP contribution in [0.5, 0.6) is 5.75 Å². The molecule has 2 N–H and O–H groups in total. The normalized spacial score (nSPS) is 19.2. The first kappa shape index (κ1) is 11.8. The highest BCUT2D eigenvalue weighted by molar-refractivity contribution is 9.10. The van der Waals surface area contributed by atoms with E-state index < -0.39 is 0 Å². The summed E-state index contributed by atoms with van der Waals surface area (Å²) in [7, 11) is 0. The highest BCUT2D eigenvalue weighted by Crippen LogP contribution is 2.37. The third-order valence-corrected chi connectivity index (χ3v) is 2.70. The van der Waals surface area contributed by atoms with Crippen LogP contribution in [-0.4, -0.2) is 6.61 Å². The maximum absolute atomic E-state index is 13.0. The third-order valence-electron chi connectivity index (χ3n) is 2.11. The van der Waals surface area contributed by atoms with Crippen LogP contribution in [0, 0.1) is 5.82 Å². The number of halogens is 3. The van der Waals surface area contributed by atoms with Gasteiger partial charge in [0.25, 0.3) is 0 Å². The van der Waals surface area contributed by atoms with Crippen LogP contribution in [0.3, 0.4) is 0 Å². The van der Waals surface area contributed by atoms with E-state index in [9.17, 15) is 4.39 Å². The molecule has 0 saturated heterocycles. The lowest BCUT2D eigenvalue weighted by atomic mass is 10.0. The third kappa shape index (κ3) is 2.02. The van der Waals surface area contributed by atoms with Gasteiger partial charge in [-0.05, 0) is 28.1 Å². The van der Waals surface area contributed by atoms with Crippen LogP contribution in [0.2, 0.25) is 0 Å². The molecule has 14 heavy (non-hydrogen) atoms. The fourth-order valence-electron chi connectivity index (χ4n) is 1.45. The Balaban J connectivity index is 0.000000980. The van der Waals surface area contributed by atoms with E-state index in [1.54, 1.807) is 0 Å². The van der Waals surface area contributed by atoms with Crippen molar-refractivity contribution >= 4 is 28.3 Å². The van der Waals surface area contributed by atoms with Gasteiger partial charge in [0.15, 0.2) is 0 Å². The summed E-state index contributed by atoms with van der Waals surface area (Å²) in [5.74, 6) is 0.395. The van der Waals surface area contributed by atoms with E-state index in [-0.39, 0.29) is 24.3 Å². The quantitative estimate of drug-likeness (QED) is 0.794. The van der Waals surface area contributed by atoms with Gasteiger partial charge in [0.1, 0.15) is 11.6 Å². The summed E-state index contributed by atoms with van der Waals surface area (Å²) in [5, 5.41) is 0. The monoisotopic (exact) mass is 281 g/mol. The lowest BCUT2D eigenvalue weighted by Crippen LogP contribution is -2.21. The van der Waals surface area contributed by atoms with Crippen molar-refractivity contribution in [3.05, 3.63) is 28.0 Å². The molecule has 0 aromatic heterocycles. The van der Waals surface area contributed by atoms with Crippen molar-refractivity contribution in [1.29, 1.82) is 0 Å². The summed E-state index contributed by atoms with van der Waals surface area (Å²) >= 11 is 3.24. The second kappa shape index (κ2) is 4.47. The molecule has 0 radical (unpaired) electrons. The Kier molecular flexibility index (Phi) is 3.75. The Morgan fingerprint density at radius 1 is 1.50 bits per heavy atom. The van der Waals surface area contributed by atoms with E-state index in [1.165, 1.54) is 12.1 Å². The number of fused-ring (bicyclic) bond motifs is 1. The van der Waals surface area contributed by atoms with Gasteiger partial charge in [-0.25, -0.2) is 4.39 Å². The molecule has 1 heterocycles. The number of rotatable bonds is 0. The van der Waals surface area contributed by atoms with Gasteiger partial charge in [0, 0.05) is 18.0 Å². The molecule has 78 valence electrons. The Hall–Kier alpha value is -0.320. The fraction of sp³-hybridized carbons (Fsp3) is 0.333. The molecule has 0 fully saturated rings. The molecule has 0 spiro atoms. The zero-order valence-electron chi connectivity index (χ0n) is 7.30. The van der Waals surface area contributed by atoms with Crippen molar-refractivity contribution in [2.24, 2.45) is 5.73 Å². The summed E-state index contributed by atoms with van der Waals surface area (Å²) in [6, 6.07) is 2.71. The summed E-state index contributed by atoms with van der Waals surface area (Å²) < 4.78 is 19.0. The first-order valence-electron chi connectivity index (χ1n) is 4.06. The van der Waals surface area contributed by atoms with E-state index in [2.05, 4.69) is 15.9 Å². The smallest absolute Gasteiger partial charge is 0.138 e. The molecule has 2 nitrogen and oxygen atoms in total. The number of benzene rings is 1. The standard InChI is InChI=1S/C9H9BrFNO.ClH/c10-7-4-5(11)3-6-8(12)1-2-13-9(6)7;/h3-4,8H,1-2,12H2;1H/t8-;/m1./s1. The maximum atomic E-state index is 13.0. The molecular weight excluding hydrogens is 272 g/mol. The van der Waals surface area contributed by atoms with Crippen LogP contribution >= 0.6 is 28.3 Å². The molecule has 5 heteroatoms. The average Bonchev–Trinajstić information content (AvgIpc) is 2.07. The van der Waals surface area contributed by atoms with Crippen molar-refractivity contribution in [3.63, 3.8) is 0 Å². The van der Waals surface area contributed by atoms with Gasteiger partial charge in [-0.3, -0.25) is 0 Å². The Labute approximate surface area is 96.2 Å². The van der Waals surface area contributed by atoms with Crippen molar-refractivity contribution in [3.8, 4) is 5.75 Å². The summed E-state index contributed by atoms with van der Waals surface area (Å²) in [4.78, 5) is 0. The Bertz CT molecular complexity index is 348. The molecule has 1 aliphatic rings. The summed E-state index contributed by atoms with van der Waals surface area (Å²) in [6.45, 7) is 0.596. The summed E-state index contributed by atoms with van der Waals surface area (Å²) in [6.07, 6.45) is 0.739. The predicted molar refractivity (Wildman–Crippen MR) is 58.4 cm³/mol. The first-order valence-corrected chi connectivity index (χ1v) is 4.85. The molecule has 0 aliphatic carbocycles. The van der Waals surface area contributed by atoms with E-state index >= 15 is 0 Å². The zero-order chi connectivity index (χ0) is 9.42. The molecular formula is C9H10BrClFNO. The predicted octanol–water partition coefficient (Wildman–Crippen LogP) is 2.79. The van der Waals surface area contributed by atoms with Gasteiger partial charge in [0.2, 0.25) is 0 Å². The van der Waals surface area contributed by atoms with Crippen LogP contribution in [0.4, 0.5) is 4.39 Å². The van der Waals surface area contributed by atoms with Crippen LogP contribution < -0.4 is 10.5 Å². The summed E-state index contributed by atoms with van der Waals surface area (Å²) in [5.41, 5.74) is 6.56. The van der Waals surface area contributed by atoms with Gasteiger partial charge < -0.3 is 10.5 Å². The van der Waals surface area contributed by atoms with Crippen molar-refractivity contribution < 1.29 is 9.13 Å². The number of nitrogens with two attached hydrogens (primary N) is 1. The van der Waals surface area contributed by atoms with Gasteiger partial charge in [-0.2, -0.15) is 0 Å². The van der Waals surface area contributed by atoms with Crippen LogP contribution in [0.25, 0.3) is 0 Å². The van der Waals surface area contributed by atoms with Gasteiger partial charge in [-0.15, -0.1) is 12.4 Å². The lowest BCUT2D eigenvalue weighted by Gasteiger charge is -2.23. The minimum absolute atomic E-state index is 0. The minimum Gasteiger partial charge on any atom is -0.492 e. The van der Waals surface area contributed by atoms with Crippen molar-refractivity contribution in [2.75, 3.05) is 6.61 Å². The molecule has 0 amide bonds. The fourth-order valence-corrected chi connectivity index (χ4v) is 2.01. The molecule has 1 atom stereocenters. The Morgan fingerprint density at radius 2 is 2.21 bits per heavy atom. The topological polar surface area (TPSA) is 35.2 Å². The zero-order valence-corrected chi connectivity index (χ0v) is 9.70. The van der Waals surface area contributed by atoms with E-state index in [4.69, 9.17) is 10.5 Å². The second-order valence-electron chi connectivity index (χ2n) is 3.05. The molecule has 0 bridgehead atoms. The molecule has 2 rings (SSSR count). The second-order valence-corrected chi connectivity index (χ2v) is 3.90. The lowest BCUT2D eigenvalue weighted by molar-refractivity contribution is 0.266. The highest BCUT2D eigenvalue weighted by Gasteiger charge is 2.21. The molecule has 0 saturated carbocycles. The SMILES string of the molecule is Cl.N[C@@H]1CCOc2c(Br)cc(F)cc21. The van der Waals surface area contributed by atoms with Crippen molar-refractivity contribution in [2.45, 2.75) is 12.5 Å². The van der Waals surface area contributed by atoms with Crippen molar-refractivity contribution in [1.82, 2.24) is 0 Å². The van der Waals surface area contributed by atoms with Crippen LogP contribution in [-0.2, 0) is 0 Å². The molecule has 1 aromatic rings. The minimum atomic E-state index is -0.286. The van der Waals surface area contributed by atoms with E-state index in [0.29, 0.717) is 16.8 Å². The van der Waals surface area contributed by atoms with Gasteiger partial charge in [-0.1, -0.05) is 0 Å².